The molecule has 0 aromatic heterocycles. The largest absolute Gasteiger partial charge is 0.0622 e. The molecular weight excluding hydrogens is 96.1 g/mol. The number of rotatable bonds is 0. The van der Waals surface area contributed by atoms with Crippen LogP contribution in [0.15, 0.2) is 0 Å². The first-order chi connectivity index (χ1) is 3.86. The second kappa shape index (κ2) is 1.49. The zero-order valence-electron chi connectivity index (χ0n) is 5.56. The summed E-state index contributed by atoms with van der Waals surface area (Å²) in [6.45, 7) is 2.42. The van der Waals surface area contributed by atoms with E-state index in [4.69, 9.17) is 0 Å². The fraction of sp³-hybridized carbons (Fsp3) is 1.00. The van der Waals surface area contributed by atoms with Gasteiger partial charge in [-0.2, -0.15) is 0 Å². The lowest BCUT2D eigenvalue weighted by atomic mass is 9.91. The Hall–Kier alpha value is 0. The SMILES string of the molecule is C[C@H]1CC2CCC1C2. The Morgan fingerprint density at radius 3 is 2.25 bits per heavy atom. The van der Waals surface area contributed by atoms with Crippen molar-refractivity contribution < 1.29 is 0 Å². The van der Waals surface area contributed by atoms with Crippen LogP contribution < -0.4 is 0 Å². The quantitative estimate of drug-likeness (QED) is 0.449. The zero-order chi connectivity index (χ0) is 5.56. The van der Waals surface area contributed by atoms with Gasteiger partial charge in [-0.1, -0.05) is 13.3 Å². The predicted molar refractivity (Wildman–Crippen MR) is 34.6 cm³/mol. The fourth-order valence-corrected chi connectivity index (χ4v) is 2.56. The first-order valence-corrected chi connectivity index (χ1v) is 3.86. The minimum atomic E-state index is 1.08. The van der Waals surface area contributed by atoms with Gasteiger partial charge >= 0.3 is 0 Å². The van der Waals surface area contributed by atoms with Gasteiger partial charge in [-0.3, -0.25) is 0 Å². The molecule has 2 aliphatic rings. The van der Waals surface area contributed by atoms with E-state index in [-0.39, 0.29) is 0 Å². The van der Waals surface area contributed by atoms with Gasteiger partial charge in [0.2, 0.25) is 0 Å². The van der Waals surface area contributed by atoms with Crippen LogP contribution in [-0.2, 0) is 0 Å². The summed E-state index contributed by atoms with van der Waals surface area (Å²) in [6, 6.07) is 0. The Morgan fingerprint density at radius 2 is 2.00 bits per heavy atom. The standard InChI is InChI=1S/C8H14/c1-6-4-7-2-3-8(6)5-7/h6-8H,2-5H2,1H3/t6-,7?,8?/m0/s1. The summed E-state index contributed by atoms with van der Waals surface area (Å²) in [7, 11) is 0. The molecule has 0 aromatic carbocycles. The Labute approximate surface area is 51.3 Å². The summed E-state index contributed by atoms with van der Waals surface area (Å²) in [6.07, 6.45) is 6.21. The third kappa shape index (κ3) is 0.519. The van der Waals surface area contributed by atoms with Crippen molar-refractivity contribution in [2.24, 2.45) is 17.8 Å². The third-order valence-electron chi connectivity index (χ3n) is 3.09. The van der Waals surface area contributed by atoms with Crippen LogP contribution in [0.4, 0.5) is 0 Å². The van der Waals surface area contributed by atoms with E-state index in [1.54, 1.807) is 25.7 Å². The molecule has 0 N–H and O–H groups in total. The van der Waals surface area contributed by atoms with Crippen molar-refractivity contribution in [3.63, 3.8) is 0 Å². The lowest BCUT2D eigenvalue weighted by molar-refractivity contribution is 0.360. The molecule has 2 unspecified atom stereocenters. The van der Waals surface area contributed by atoms with Crippen molar-refractivity contribution in [1.29, 1.82) is 0 Å². The maximum atomic E-state index is 2.42. The van der Waals surface area contributed by atoms with Crippen molar-refractivity contribution >= 4 is 0 Å². The van der Waals surface area contributed by atoms with Crippen LogP contribution >= 0.6 is 0 Å². The van der Waals surface area contributed by atoms with Crippen molar-refractivity contribution in [1.82, 2.24) is 0 Å². The van der Waals surface area contributed by atoms with Crippen LogP contribution in [0.3, 0.4) is 0 Å². The van der Waals surface area contributed by atoms with E-state index < -0.39 is 0 Å². The van der Waals surface area contributed by atoms with Crippen molar-refractivity contribution in [3.05, 3.63) is 0 Å². The van der Waals surface area contributed by atoms with E-state index in [2.05, 4.69) is 6.92 Å². The average Bonchev–Trinajstić information content (AvgIpc) is 2.23. The molecule has 0 nitrogen and oxygen atoms in total. The molecule has 8 heavy (non-hydrogen) atoms. The van der Waals surface area contributed by atoms with Gasteiger partial charge in [-0.05, 0) is 37.0 Å². The minimum absolute atomic E-state index is 1.08. The Kier molecular flexibility index (Phi) is 0.902. The molecule has 2 aliphatic carbocycles. The Morgan fingerprint density at radius 1 is 1.12 bits per heavy atom. The number of hydrogen-bond donors (Lipinski definition) is 0. The highest BCUT2D eigenvalue weighted by atomic mass is 14.4. The highest BCUT2D eigenvalue weighted by molar-refractivity contribution is 4.87. The molecule has 0 spiro atoms. The highest BCUT2D eigenvalue weighted by Gasteiger charge is 2.36. The number of fused-ring (bicyclic) bond motifs is 2. The molecule has 0 aromatic rings. The van der Waals surface area contributed by atoms with Gasteiger partial charge in [0.15, 0.2) is 0 Å². The lowest BCUT2D eigenvalue weighted by Crippen LogP contribution is -2.04. The molecule has 46 valence electrons. The third-order valence-corrected chi connectivity index (χ3v) is 3.09. The van der Waals surface area contributed by atoms with Crippen LogP contribution in [0, 0.1) is 17.8 Å². The summed E-state index contributed by atoms with van der Waals surface area (Å²) in [5, 5.41) is 0. The topological polar surface area (TPSA) is 0 Å². The summed E-state index contributed by atoms with van der Waals surface area (Å²) in [5.74, 6) is 3.36. The molecule has 2 bridgehead atoms. The Balaban J connectivity index is 2.11. The molecule has 0 saturated heterocycles. The molecular formula is C8H14. The van der Waals surface area contributed by atoms with Gasteiger partial charge in [0.05, 0.1) is 0 Å². The average molecular weight is 110 g/mol. The van der Waals surface area contributed by atoms with Gasteiger partial charge < -0.3 is 0 Å². The lowest BCUT2D eigenvalue weighted by Gasteiger charge is -2.15. The molecule has 0 amide bonds. The zero-order valence-corrected chi connectivity index (χ0v) is 5.56. The fourth-order valence-electron chi connectivity index (χ4n) is 2.56. The molecule has 0 aliphatic heterocycles. The minimum Gasteiger partial charge on any atom is -0.0622 e. The van der Waals surface area contributed by atoms with Gasteiger partial charge in [0.25, 0.3) is 0 Å². The summed E-state index contributed by atoms with van der Waals surface area (Å²) in [4.78, 5) is 0. The summed E-state index contributed by atoms with van der Waals surface area (Å²) < 4.78 is 0. The van der Waals surface area contributed by atoms with Gasteiger partial charge in [-0.25, -0.2) is 0 Å². The first-order valence-electron chi connectivity index (χ1n) is 3.86. The monoisotopic (exact) mass is 110 g/mol. The number of hydrogen-bond acceptors (Lipinski definition) is 0. The van der Waals surface area contributed by atoms with E-state index in [0.29, 0.717) is 0 Å². The van der Waals surface area contributed by atoms with Gasteiger partial charge in [-0.15, -0.1) is 0 Å². The van der Waals surface area contributed by atoms with Crippen LogP contribution in [0.1, 0.15) is 32.6 Å². The van der Waals surface area contributed by atoms with Crippen LogP contribution in [0.25, 0.3) is 0 Å². The molecule has 0 heterocycles. The molecule has 2 saturated carbocycles. The van der Waals surface area contributed by atoms with Crippen LogP contribution in [0.5, 0.6) is 0 Å². The predicted octanol–water partition coefficient (Wildman–Crippen LogP) is 2.44. The maximum absolute atomic E-state index is 2.42. The first kappa shape index (κ1) is 4.84. The van der Waals surface area contributed by atoms with Gasteiger partial charge in [0, 0.05) is 0 Å². The molecule has 3 atom stereocenters. The van der Waals surface area contributed by atoms with Gasteiger partial charge in [0.1, 0.15) is 0 Å². The second-order valence-electron chi connectivity index (χ2n) is 3.65. The normalized spacial score (nSPS) is 52.9. The van der Waals surface area contributed by atoms with Crippen molar-refractivity contribution in [2.75, 3.05) is 0 Å². The molecule has 0 radical (unpaired) electrons. The summed E-state index contributed by atoms with van der Waals surface area (Å²) >= 11 is 0. The second-order valence-corrected chi connectivity index (χ2v) is 3.65. The molecule has 2 rings (SSSR count). The maximum Gasteiger partial charge on any atom is -0.0386 e. The Bertz CT molecular complexity index is 94.2. The molecule has 2 fully saturated rings. The van der Waals surface area contributed by atoms with Crippen LogP contribution in [-0.4, -0.2) is 0 Å². The van der Waals surface area contributed by atoms with Crippen LogP contribution in [0.2, 0.25) is 0 Å². The van der Waals surface area contributed by atoms with E-state index in [0.717, 1.165) is 17.8 Å². The van der Waals surface area contributed by atoms with E-state index >= 15 is 0 Å². The van der Waals surface area contributed by atoms with Crippen molar-refractivity contribution in [2.45, 2.75) is 32.6 Å². The smallest absolute Gasteiger partial charge is 0.0386 e. The summed E-state index contributed by atoms with van der Waals surface area (Å²) in [5.41, 5.74) is 0. The molecule has 0 heteroatoms. The van der Waals surface area contributed by atoms with E-state index in [1.807, 2.05) is 0 Å². The van der Waals surface area contributed by atoms with E-state index in [9.17, 15) is 0 Å². The highest BCUT2D eigenvalue weighted by Crippen LogP contribution is 2.47. The van der Waals surface area contributed by atoms with E-state index in [1.165, 1.54) is 0 Å². The van der Waals surface area contributed by atoms with Crippen molar-refractivity contribution in [3.8, 4) is 0 Å².